The topological polar surface area (TPSA) is 17.1 Å². The highest BCUT2D eigenvalue weighted by Gasteiger charge is 1.74. The molecule has 0 saturated carbocycles. The minimum Gasteiger partial charge on any atom is -0.294 e. The fourth-order valence-corrected chi connectivity index (χ4v) is 0.294. The van der Waals surface area contributed by atoms with E-state index in [1.165, 1.54) is 13.0 Å². The Balaban J connectivity index is 3.64. The number of hydrogen-bond donors (Lipinski definition) is 0. The van der Waals surface area contributed by atoms with E-state index >= 15 is 0 Å². The third kappa shape index (κ3) is 5.19. The lowest BCUT2D eigenvalue weighted by atomic mass is 10.4. The van der Waals surface area contributed by atoms with Crippen molar-refractivity contribution in [3.63, 3.8) is 0 Å². The summed E-state index contributed by atoms with van der Waals surface area (Å²) < 4.78 is 0. The van der Waals surface area contributed by atoms with Crippen LogP contribution in [0.15, 0.2) is 17.9 Å². The summed E-state index contributed by atoms with van der Waals surface area (Å²) in [6.45, 7) is 3.51. The van der Waals surface area contributed by atoms with Gasteiger partial charge in [-0.25, -0.2) is 0 Å². The van der Waals surface area contributed by atoms with Crippen molar-refractivity contribution in [2.75, 3.05) is 0 Å². The Bertz CT molecular complexity index is 127. The van der Waals surface area contributed by atoms with Gasteiger partial charge in [0.2, 0.25) is 0 Å². The fraction of sp³-hybridized carbons (Fsp3) is 0.429. The average molecular weight is 110 g/mol. The molecule has 0 unspecified atom stereocenters. The van der Waals surface area contributed by atoms with Gasteiger partial charge in [0.15, 0.2) is 5.78 Å². The van der Waals surface area contributed by atoms with Crippen molar-refractivity contribution in [3.05, 3.63) is 17.9 Å². The van der Waals surface area contributed by atoms with Crippen molar-refractivity contribution in [2.24, 2.45) is 0 Å². The molecule has 0 radical (unpaired) electrons. The highest BCUT2D eigenvalue weighted by atomic mass is 16.1. The van der Waals surface area contributed by atoms with E-state index in [0.717, 1.165) is 6.42 Å². The molecule has 44 valence electrons. The molecule has 0 heterocycles. The Labute approximate surface area is 49.7 Å². The Morgan fingerprint density at radius 3 is 2.75 bits per heavy atom. The lowest BCUT2D eigenvalue weighted by molar-refractivity contribution is -0.112. The zero-order chi connectivity index (χ0) is 6.41. The van der Waals surface area contributed by atoms with E-state index < -0.39 is 0 Å². The molecule has 0 saturated heterocycles. The van der Waals surface area contributed by atoms with Gasteiger partial charge >= 0.3 is 0 Å². The van der Waals surface area contributed by atoms with Crippen LogP contribution < -0.4 is 0 Å². The monoisotopic (exact) mass is 110 g/mol. The Kier molecular flexibility index (Phi) is 3.91. The highest BCUT2D eigenvalue weighted by Crippen LogP contribution is 1.75. The minimum atomic E-state index is 0.0506. The lowest BCUT2D eigenvalue weighted by Gasteiger charge is -1.69. The molecule has 1 nitrogen and oxygen atoms in total. The highest BCUT2D eigenvalue weighted by molar-refractivity contribution is 5.86. The van der Waals surface area contributed by atoms with Gasteiger partial charge in [-0.2, -0.15) is 0 Å². The number of allylic oxidation sites excluding steroid dienone is 1. The average Bonchev–Trinajstić information content (AvgIpc) is 1.66. The SMILES string of the molecule is CCC=C=CC(C)=O. The summed E-state index contributed by atoms with van der Waals surface area (Å²) in [5, 5.41) is 0. The molecule has 1 heteroatoms. The molecule has 0 aromatic heterocycles. The first-order valence-electron chi connectivity index (χ1n) is 2.69. The molecule has 0 bridgehead atoms. The predicted molar refractivity (Wildman–Crippen MR) is 33.6 cm³/mol. The summed E-state index contributed by atoms with van der Waals surface area (Å²) in [5.74, 6) is 0.0506. The molecule has 8 heavy (non-hydrogen) atoms. The first kappa shape index (κ1) is 7.19. The zero-order valence-electron chi connectivity index (χ0n) is 5.27. The van der Waals surface area contributed by atoms with Crippen LogP contribution in [-0.2, 0) is 4.79 Å². The lowest BCUT2D eigenvalue weighted by Crippen LogP contribution is -1.75. The number of ketones is 1. The van der Waals surface area contributed by atoms with Gasteiger partial charge < -0.3 is 0 Å². The van der Waals surface area contributed by atoms with Gasteiger partial charge in [0.25, 0.3) is 0 Å². The van der Waals surface area contributed by atoms with Gasteiger partial charge in [-0.05, 0) is 19.4 Å². The van der Waals surface area contributed by atoms with Crippen molar-refractivity contribution >= 4 is 5.78 Å². The Morgan fingerprint density at radius 2 is 2.38 bits per heavy atom. The van der Waals surface area contributed by atoms with Gasteiger partial charge in [0.05, 0.1) is 0 Å². The van der Waals surface area contributed by atoms with Gasteiger partial charge in [0, 0.05) is 6.08 Å². The third-order valence-corrected chi connectivity index (χ3v) is 0.609. The maximum absolute atomic E-state index is 10.2. The van der Waals surface area contributed by atoms with Crippen LogP contribution in [0.2, 0.25) is 0 Å². The maximum Gasteiger partial charge on any atom is 0.160 e. The molecule has 0 atom stereocenters. The molecule has 0 aliphatic rings. The standard InChI is InChI=1S/C7H10O/c1-3-4-5-6-7(2)8/h4,6H,3H2,1-2H3. The van der Waals surface area contributed by atoms with Crippen molar-refractivity contribution in [3.8, 4) is 0 Å². The van der Waals surface area contributed by atoms with Gasteiger partial charge in [-0.1, -0.05) is 6.92 Å². The van der Waals surface area contributed by atoms with Crippen molar-refractivity contribution < 1.29 is 4.79 Å². The van der Waals surface area contributed by atoms with E-state index in [9.17, 15) is 4.79 Å². The van der Waals surface area contributed by atoms with Crippen LogP contribution in [0.3, 0.4) is 0 Å². The van der Waals surface area contributed by atoms with E-state index in [2.05, 4.69) is 5.73 Å². The van der Waals surface area contributed by atoms with Crippen molar-refractivity contribution in [2.45, 2.75) is 20.3 Å². The van der Waals surface area contributed by atoms with Crippen LogP contribution in [0.1, 0.15) is 20.3 Å². The van der Waals surface area contributed by atoms with E-state index in [1.807, 2.05) is 13.0 Å². The predicted octanol–water partition coefficient (Wildman–Crippen LogP) is 1.70. The molecule has 0 fully saturated rings. The molecule has 0 aliphatic carbocycles. The molecule has 0 amide bonds. The number of carbonyl (C=O) groups excluding carboxylic acids is 1. The molecule has 0 aromatic rings. The summed E-state index contributed by atoms with van der Waals surface area (Å²) in [6, 6.07) is 0. The normalized spacial score (nSPS) is 7.25. The number of rotatable bonds is 2. The van der Waals surface area contributed by atoms with Crippen LogP contribution >= 0.6 is 0 Å². The van der Waals surface area contributed by atoms with Crippen LogP contribution in [0.4, 0.5) is 0 Å². The van der Waals surface area contributed by atoms with Crippen LogP contribution in [0, 0.1) is 0 Å². The van der Waals surface area contributed by atoms with E-state index in [0.29, 0.717) is 0 Å². The summed E-state index contributed by atoms with van der Waals surface area (Å²) in [7, 11) is 0. The van der Waals surface area contributed by atoms with Crippen LogP contribution in [0.25, 0.3) is 0 Å². The maximum atomic E-state index is 10.2. The first-order chi connectivity index (χ1) is 3.77. The molecular weight excluding hydrogens is 100 g/mol. The third-order valence-electron chi connectivity index (χ3n) is 0.609. The number of hydrogen-bond acceptors (Lipinski definition) is 1. The molecule has 0 aromatic carbocycles. The second-order valence-electron chi connectivity index (χ2n) is 1.53. The summed E-state index contributed by atoms with van der Waals surface area (Å²) in [6.07, 6.45) is 4.19. The van der Waals surface area contributed by atoms with E-state index in [4.69, 9.17) is 0 Å². The Morgan fingerprint density at radius 1 is 1.75 bits per heavy atom. The molecule has 0 N–H and O–H groups in total. The molecule has 0 rings (SSSR count). The quantitative estimate of drug-likeness (QED) is 0.390. The molecule has 0 spiro atoms. The minimum absolute atomic E-state index is 0.0506. The van der Waals surface area contributed by atoms with Gasteiger partial charge in [-0.15, -0.1) is 5.73 Å². The zero-order valence-corrected chi connectivity index (χ0v) is 5.27. The van der Waals surface area contributed by atoms with Crippen LogP contribution in [0.5, 0.6) is 0 Å². The van der Waals surface area contributed by atoms with Gasteiger partial charge in [0.1, 0.15) is 0 Å². The first-order valence-corrected chi connectivity index (χ1v) is 2.69. The van der Waals surface area contributed by atoms with E-state index in [-0.39, 0.29) is 5.78 Å². The van der Waals surface area contributed by atoms with Crippen molar-refractivity contribution in [1.82, 2.24) is 0 Å². The van der Waals surface area contributed by atoms with Crippen LogP contribution in [-0.4, -0.2) is 5.78 Å². The van der Waals surface area contributed by atoms with E-state index in [1.54, 1.807) is 0 Å². The van der Waals surface area contributed by atoms with Gasteiger partial charge in [-0.3, -0.25) is 4.79 Å². The molecular formula is C7H10O. The second kappa shape index (κ2) is 4.35. The number of carbonyl (C=O) groups is 1. The largest absolute Gasteiger partial charge is 0.294 e. The second-order valence-corrected chi connectivity index (χ2v) is 1.53. The summed E-state index contributed by atoms with van der Waals surface area (Å²) >= 11 is 0. The molecule has 0 aliphatic heterocycles. The summed E-state index contributed by atoms with van der Waals surface area (Å²) in [5.41, 5.74) is 2.73. The Hall–Kier alpha value is -0.810. The fourth-order valence-electron chi connectivity index (χ4n) is 0.294. The smallest absolute Gasteiger partial charge is 0.160 e. The van der Waals surface area contributed by atoms with Crippen molar-refractivity contribution in [1.29, 1.82) is 0 Å². The summed E-state index contributed by atoms with van der Waals surface area (Å²) in [4.78, 5) is 10.2.